The molecule has 6 nitrogen and oxygen atoms in total. The summed E-state index contributed by atoms with van der Waals surface area (Å²) in [5.41, 5.74) is 4.40. The Bertz CT molecular complexity index is 1280. The summed E-state index contributed by atoms with van der Waals surface area (Å²) in [6, 6.07) is 16.3. The van der Waals surface area contributed by atoms with E-state index in [-0.39, 0.29) is 11.6 Å². The summed E-state index contributed by atoms with van der Waals surface area (Å²) in [5.74, 6) is 1.47. The number of rotatable bonds is 5. The van der Waals surface area contributed by atoms with Gasteiger partial charge in [-0.1, -0.05) is 30.3 Å². The van der Waals surface area contributed by atoms with E-state index in [1.165, 1.54) is 28.0 Å². The van der Waals surface area contributed by atoms with Gasteiger partial charge in [0, 0.05) is 30.7 Å². The zero-order valence-corrected chi connectivity index (χ0v) is 18.3. The second-order valence-electron chi connectivity index (χ2n) is 7.58. The highest BCUT2D eigenvalue weighted by Crippen LogP contribution is 2.41. The standard InChI is InChI=1S/C24H23N3O3S/c1-29-20-12-17-8-9-26(15-18-13-22(28)27-10-11-31-24(27)25-18)23(16-6-4-3-5-7-16)19(17)14-21(20)30-2/h3-7,10-14,23H,8-9,15H2,1-2H3/t23-/m0/s1. The lowest BCUT2D eigenvalue weighted by Gasteiger charge is -2.38. The first kappa shape index (κ1) is 19.8. The molecule has 0 aliphatic carbocycles. The molecule has 0 bridgehead atoms. The molecule has 0 N–H and O–H groups in total. The zero-order valence-electron chi connectivity index (χ0n) is 17.4. The highest BCUT2D eigenvalue weighted by atomic mass is 32.1. The molecule has 4 aromatic rings. The van der Waals surface area contributed by atoms with E-state index in [1.54, 1.807) is 30.9 Å². The van der Waals surface area contributed by atoms with Gasteiger partial charge in [-0.2, -0.15) is 0 Å². The summed E-state index contributed by atoms with van der Waals surface area (Å²) in [5, 5.41) is 1.89. The van der Waals surface area contributed by atoms with Crippen molar-refractivity contribution in [2.24, 2.45) is 0 Å². The van der Waals surface area contributed by atoms with Gasteiger partial charge in [0.1, 0.15) is 0 Å². The quantitative estimate of drug-likeness (QED) is 0.478. The molecule has 0 fully saturated rings. The van der Waals surface area contributed by atoms with Crippen molar-refractivity contribution < 1.29 is 9.47 Å². The molecular weight excluding hydrogens is 410 g/mol. The Balaban J connectivity index is 1.59. The number of fused-ring (bicyclic) bond motifs is 2. The van der Waals surface area contributed by atoms with E-state index in [4.69, 9.17) is 14.5 Å². The SMILES string of the molecule is COc1cc2c(cc1OC)[C@H](c1ccccc1)N(Cc1cc(=O)n3ccsc3n1)CC2. The van der Waals surface area contributed by atoms with Crippen LogP contribution in [0.25, 0.3) is 4.96 Å². The van der Waals surface area contributed by atoms with Crippen molar-refractivity contribution in [2.75, 3.05) is 20.8 Å². The van der Waals surface area contributed by atoms with E-state index in [9.17, 15) is 4.79 Å². The lowest BCUT2D eigenvalue weighted by atomic mass is 9.87. The Morgan fingerprint density at radius 1 is 1.10 bits per heavy atom. The summed E-state index contributed by atoms with van der Waals surface area (Å²) < 4.78 is 12.7. The Hall–Kier alpha value is -3.16. The minimum atomic E-state index is -0.0404. The van der Waals surface area contributed by atoms with Crippen LogP contribution in [0, 0.1) is 0 Å². The van der Waals surface area contributed by atoms with E-state index in [0.29, 0.717) is 6.54 Å². The Labute approximate surface area is 184 Å². The summed E-state index contributed by atoms with van der Waals surface area (Å²) in [6.45, 7) is 1.45. The smallest absolute Gasteiger partial charge is 0.258 e. The fraction of sp³-hybridized carbons (Fsp3) is 0.250. The van der Waals surface area contributed by atoms with Gasteiger partial charge in [-0.15, -0.1) is 11.3 Å². The molecule has 7 heteroatoms. The van der Waals surface area contributed by atoms with Crippen LogP contribution in [-0.2, 0) is 13.0 Å². The maximum atomic E-state index is 12.5. The molecule has 2 aromatic heterocycles. The third-order valence-electron chi connectivity index (χ3n) is 5.81. The number of benzene rings is 2. The van der Waals surface area contributed by atoms with Crippen molar-refractivity contribution in [3.05, 3.63) is 92.8 Å². The van der Waals surface area contributed by atoms with Crippen LogP contribution in [0.3, 0.4) is 0 Å². The van der Waals surface area contributed by atoms with Gasteiger partial charge in [-0.3, -0.25) is 14.1 Å². The molecule has 0 unspecified atom stereocenters. The molecular formula is C24H23N3O3S. The highest BCUT2D eigenvalue weighted by Gasteiger charge is 2.30. The van der Waals surface area contributed by atoms with E-state index in [1.807, 2.05) is 11.4 Å². The molecule has 1 aliphatic heterocycles. The van der Waals surface area contributed by atoms with Gasteiger partial charge >= 0.3 is 0 Å². The van der Waals surface area contributed by atoms with Crippen molar-refractivity contribution >= 4 is 16.3 Å². The van der Waals surface area contributed by atoms with Crippen LogP contribution < -0.4 is 15.0 Å². The zero-order chi connectivity index (χ0) is 21.4. The fourth-order valence-corrected chi connectivity index (χ4v) is 5.11. The predicted molar refractivity (Wildman–Crippen MR) is 121 cm³/mol. The first-order chi connectivity index (χ1) is 15.2. The van der Waals surface area contributed by atoms with Crippen LogP contribution in [0.15, 0.2) is 64.9 Å². The van der Waals surface area contributed by atoms with Gasteiger partial charge in [-0.05, 0) is 35.2 Å². The normalized spacial score (nSPS) is 16.3. The largest absolute Gasteiger partial charge is 0.493 e. The summed E-state index contributed by atoms with van der Waals surface area (Å²) in [7, 11) is 3.33. The number of methoxy groups -OCH3 is 2. The molecule has 0 spiro atoms. The molecule has 1 atom stereocenters. The van der Waals surface area contributed by atoms with E-state index >= 15 is 0 Å². The molecule has 0 saturated heterocycles. The molecule has 158 valence electrons. The number of ether oxygens (including phenoxy) is 2. The average Bonchev–Trinajstić information content (AvgIpc) is 3.28. The molecule has 0 amide bonds. The number of aromatic nitrogens is 2. The summed E-state index contributed by atoms with van der Waals surface area (Å²) in [6.07, 6.45) is 2.65. The number of nitrogens with zero attached hydrogens (tertiary/aromatic N) is 3. The Kier molecular flexibility index (Phi) is 5.21. The average molecular weight is 434 g/mol. The van der Waals surface area contributed by atoms with Crippen molar-refractivity contribution in [3.63, 3.8) is 0 Å². The van der Waals surface area contributed by atoms with Crippen molar-refractivity contribution in [1.82, 2.24) is 14.3 Å². The third kappa shape index (κ3) is 3.60. The van der Waals surface area contributed by atoms with Crippen molar-refractivity contribution in [2.45, 2.75) is 19.0 Å². The molecule has 3 heterocycles. The van der Waals surface area contributed by atoms with E-state index in [0.717, 1.165) is 35.1 Å². The molecule has 2 aromatic carbocycles. The minimum absolute atomic E-state index is 0.0355. The second kappa shape index (κ2) is 8.17. The lowest BCUT2D eigenvalue weighted by molar-refractivity contribution is 0.201. The maximum Gasteiger partial charge on any atom is 0.258 e. The molecule has 31 heavy (non-hydrogen) atoms. The minimum Gasteiger partial charge on any atom is -0.493 e. The fourth-order valence-electron chi connectivity index (χ4n) is 4.37. The molecule has 0 radical (unpaired) electrons. The monoisotopic (exact) mass is 433 g/mol. The second-order valence-corrected chi connectivity index (χ2v) is 8.45. The van der Waals surface area contributed by atoms with E-state index in [2.05, 4.69) is 41.3 Å². The first-order valence-corrected chi connectivity index (χ1v) is 11.1. The third-order valence-corrected chi connectivity index (χ3v) is 6.57. The van der Waals surface area contributed by atoms with E-state index < -0.39 is 0 Å². The van der Waals surface area contributed by atoms with Gasteiger partial charge in [0.25, 0.3) is 5.56 Å². The van der Waals surface area contributed by atoms with Crippen LogP contribution in [-0.4, -0.2) is 35.0 Å². The summed E-state index contributed by atoms with van der Waals surface area (Å²) >= 11 is 1.48. The van der Waals surface area contributed by atoms with Gasteiger partial charge < -0.3 is 9.47 Å². The Morgan fingerprint density at radius 2 is 1.87 bits per heavy atom. The number of hydrogen-bond acceptors (Lipinski definition) is 6. The number of thiazole rings is 1. The van der Waals surface area contributed by atoms with Gasteiger partial charge in [0.15, 0.2) is 16.5 Å². The van der Waals surface area contributed by atoms with Gasteiger partial charge in [-0.25, -0.2) is 4.98 Å². The first-order valence-electron chi connectivity index (χ1n) is 10.2. The lowest BCUT2D eigenvalue weighted by Crippen LogP contribution is -2.36. The van der Waals surface area contributed by atoms with Crippen LogP contribution in [0.2, 0.25) is 0 Å². The Morgan fingerprint density at radius 3 is 2.65 bits per heavy atom. The summed E-state index contributed by atoms with van der Waals surface area (Å²) in [4.78, 5) is 20.3. The molecule has 0 saturated carbocycles. The van der Waals surface area contributed by atoms with Gasteiger partial charge in [0.2, 0.25) is 0 Å². The van der Waals surface area contributed by atoms with Crippen molar-refractivity contribution in [3.8, 4) is 11.5 Å². The molecule has 5 rings (SSSR count). The van der Waals surface area contributed by atoms with Crippen molar-refractivity contribution in [1.29, 1.82) is 0 Å². The van der Waals surface area contributed by atoms with Gasteiger partial charge in [0.05, 0.1) is 26.0 Å². The number of hydrogen-bond donors (Lipinski definition) is 0. The van der Waals surface area contributed by atoms with Crippen LogP contribution >= 0.6 is 11.3 Å². The van der Waals surface area contributed by atoms with Crippen LogP contribution in [0.4, 0.5) is 0 Å². The molecule has 1 aliphatic rings. The predicted octanol–water partition coefficient (Wildman–Crippen LogP) is 3.92. The topological polar surface area (TPSA) is 56.1 Å². The van der Waals surface area contributed by atoms with Crippen LogP contribution in [0.1, 0.15) is 28.4 Å². The van der Waals surface area contributed by atoms with Crippen LogP contribution in [0.5, 0.6) is 11.5 Å². The highest BCUT2D eigenvalue weighted by molar-refractivity contribution is 7.15. The maximum absolute atomic E-state index is 12.5.